The highest BCUT2D eigenvalue weighted by Crippen LogP contribution is 2.28. The number of rotatable bonds is 1. The van der Waals surface area contributed by atoms with Crippen molar-refractivity contribution in [3.8, 4) is 6.07 Å². The molecule has 0 aliphatic carbocycles. The van der Waals surface area contributed by atoms with Gasteiger partial charge in [0, 0.05) is 5.02 Å². The van der Waals surface area contributed by atoms with Crippen molar-refractivity contribution in [2.45, 2.75) is 13.3 Å². The summed E-state index contributed by atoms with van der Waals surface area (Å²) in [6.07, 6.45) is 0.371. The van der Waals surface area contributed by atoms with Crippen LogP contribution in [0.2, 0.25) is 5.02 Å². The fraction of sp³-hybridized carbons (Fsp3) is 0.200. The van der Waals surface area contributed by atoms with E-state index in [9.17, 15) is 0 Å². The molecule has 1 heterocycles. The van der Waals surface area contributed by atoms with Crippen LogP contribution in [-0.4, -0.2) is 4.98 Å². The van der Waals surface area contributed by atoms with Gasteiger partial charge in [-0.3, -0.25) is 0 Å². The van der Waals surface area contributed by atoms with Crippen LogP contribution in [-0.2, 0) is 6.42 Å². The Morgan fingerprint density at radius 1 is 1.57 bits per heavy atom. The number of hydrogen-bond donors (Lipinski definition) is 0. The minimum absolute atomic E-state index is 0.371. The van der Waals surface area contributed by atoms with Crippen LogP contribution in [0.4, 0.5) is 0 Å². The second-order valence-electron chi connectivity index (χ2n) is 3.01. The van der Waals surface area contributed by atoms with E-state index in [1.807, 2.05) is 19.1 Å². The number of aryl methyl sites for hydroxylation is 1. The van der Waals surface area contributed by atoms with E-state index in [1.54, 1.807) is 0 Å². The second-order valence-corrected chi connectivity index (χ2v) is 4.56. The van der Waals surface area contributed by atoms with Gasteiger partial charge >= 0.3 is 0 Å². The summed E-state index contributed by atoms with van der Waals surface area (Å²) >= 11 is 7.46. The largest absolute Gasteiger partial charge is 0.240 e. The first-order chi connectivity index (χ1) is 6.70. The lowest BCUT2D eigenvalue weighted by atomic mass is 10.2. The minimum atomic E-state index is 0.371. The van der Waals surface area contributed by atoms with Crippen molar-refractivity contribution < 1.29 is 0 Å². The van der Waals surface area contributed by atoms with Crippen molar-refractivity contribution in [1.29, 1.82) is 5.26 Å². The Hall–Kier alpha value is -1.11. The van der Waals surface area contributed by atoms with Gasteiger partial charge in [0.1, 0.15) is 5.01 Å². The van der Waals surface area contributed by atoms with Crippen LogP contribution < -0.4 is 0 Å². The lowest BCUT2D eigenvalue weighted by molar-refractivity contribution is 1.21. The molecule has 70 valence electrons. The number of nitriles is 1. The van der Waals surface area contributed by atoms with Crippen molar-refractivity contribution in [1.82, 2.24) is 4.98 Å². The average molecular weight is 223 g/mol. The molecule has 1 aromatic carbocycles. The van der Waals surface area contributed by atoms with E-state index >= 15 is 0 Å². The van der Waals surface area contributed by atoms with Crippen molar-refractivity contribution >= 4 is 33.2 Å². The Labute approximate surface area is 90.8 Å². The minimum Gasteiger partial charge on any atom is -0.240 e. The summed E-state index contributed by atoms with van der Waals surface area (Å²) in [6.45, 7) is 1.98. The Morgan fingerprint density at radius 2 is 2.36 bits per heavy atom. The molecule has 0 saturated heterocycles. The van der Waals surface area contributed by atoms with Gasteiger partial charge in [-0.15, -0.1) is 11.3 Å². The van der Waals surface area contributed by atoms with E-state index in [2.05, 4.69) is 11.1 Å². The zero-order valence-corrected chi connectivity index (χ0v) is 9.11. The summed E-state index contributed by atoms with van der Waals surface area (Å²) in [5, 5.41) is 10.1. The first-order valence-corrected chi connectivity index (χ1v) is 5.32. The van der Waals surface area contributed by atoms with Crippen LogP contribution in [0.15, 0.2) is 12.1 Å². The first-order valence-electron chi connectivity index (χ1n) is 4.13. The third-order valence-electron chi connectivity index (χ3n) is 1.92. The lowest BCUT2D eigenvalue weighted by Crippen LogP contribution is -1.79. The fourth-order valence-electron chi connectivity index (χ4n) is 1.34. The third-order valence-corrected chi connectivity index (χ3v) is 3.15. The van der Waals surface area contributed by atoms with Crippen molar-refractivity contribution in [2.75, 3.05) is 0 Å². The molecule has 2 rings (SSSR count). The number of nitrogens with zero attached hydrogens (tertiary/aromatic N) is 2. The predicted octanol–water partition coefficient (Wildman–Crippen LogP) is 3.32. The summed E-state index contributed by atoms with van der Waals surface area (Å²) in [5.41, 5.74) is 2.03. The summed E-state index contributed by atoms with van der Waals surface area (Å²) < 4.78 is 1.06. The molecule has 0 aliphatic rings. The lowest BCUT2D eigenvalue weighted by Gasteiger charge is -1.94. The fourth-order valence-corrected chi connectivity index (χ4v) is 2.70. The summed E-state index contributed by atoms with van der Waals surface area (Å²) in [6, 6.07) is 5.87. The highest BCUT2D eigenvalue weighted by Gasteiger charge is 2.06. The van der Waals surface area contributed by atoms with E-state index in [0.717, 1.165) is 25.8 Å². The van der Waals surface area contributed by atoms with E-state index in [4.69, 9.17) is 16.9 Å². The predicted molar refractivity (Wildman–Crippen MR) is 58.7 cm³/mol. The summed E-state index contributed by atoms with van der Waals surface area (Å²) in [5.74, 6) is 0. The molecule has 0 saturated carbocycles. The van der Waals surface area contributed by atoms with Gasteiger partial charge in [0.25, 0.3) is 0 Å². The number of aromatic nitrogens is 1. The summed E-state index contributed by atoms with van der Waals surface area (Å²) in [4.78, 5) is 4.38. The molecule has 2 aromatic rings. The van der Waals surface area contributed by atoms with Crippen molar-refractivity contribution in [2.24, 2.45) is 0 Å². The van der Waals surface area contributed by atoms with Gasteiger partial charge < -0.3 is 0 Å². The van der Waals surface area contributed by atoms with Crippen LogP contribution in [0.25, 0.3) is 10.2 Å². The van der Waals surface area contributed by atoms with Gasteiger partial charge in [0.2, 0.25) is 0 Å². The van der Waals surface area contributed by atoms with Gasteiger partial charge in [-0.1, -0.05) is 11.6 Å². The zero-order chi connectivity index (χ0) is 10.1. The van der Waals surface area contributed by atoms with Crippen LogP contribution in [0.3, 0.4) is 0 Å². The summed E-state index contributed by atoms with van der Waals surface area (Å²) in [7, 11) is 0. The molecular weight excluding hydrogens is 216 g/mol. The Balaban J connectivity index is 2.66. The molecule has 0 fully saturated rings. The molecule has 4 heteroatoms. The Kier molecular flexibility index (Phi) is 2.40. The highest BCUT2D eigenvalue weighted by molar-refractivity contribution is 7.18. The first kappa shape index (κ1) is 9.45. The number of halogens is 1. The molecule has 0 unspecified atom stereocenters. The number of fused-ring (bicyclic) bond motifs is 1. The van der Waals surface area contributed by atoms with Gasteiger partial charge in [0.05, 0.1) is 22.7 Å². The van der Waals surface area contributed by atoms with Crippen LogP contribution in [0.5, 0.6) is 0 Å². The van der Waals surface area contributed by atoms with E-state index < -0.39 is 0 Å². The normalized spacial score (nSPS) is 10.4. The van der Waals surface area contributed by atoms with Crippen LogP contribution in [0.1, 0.15) is 10.6 Å². The highest BCUT2D eigenvalue weighted by atomic mass is 35.5. The maximum atomic E-state index is 8.56. The smallest absolute Gasteiger partial charge is 0.108 e. The maximum absolute atomic E-state index is 8.56. The quantitative estimate of drug-likeness (QED) is 0.742. The zero-order valence-electron chi connectivity index (χ0n) is 7.54. The van der Waals surface area contributed by atoms with E-state index in [1.165, 1.54) is 11.3 Å². The monoisotopic (exact) mass is 222 g/mol. The molecule has 0 aliphatic heterocycles. The number of hydrogen-bond acceptors (Lipinski definition) is 3. The molecule has 0 amide bonds. The van der Waals surface area contributed by atoms with Gasteiger partial charge in [-0.05, 0) is 24.6 Å². The standard InChI is InChI=1S/C10H7ClN2S/c1-6-4-7(11)5-8-10(6)13-9(14-8)2-3-12/h4-5H,2H2,1H3. The Bertz CT molecular complexity index is 525. The molecule has 0 atom stereocenters. The maximum Gasteiger partial charge on any atom is 0.108 e. The van der Waals surface area contributed by atoms with Crippen molar-refractivity contribution in [3.63, 3.8) is 0 Å². The van der Waals surface area contributed by atoms with Crippen molar-refractivity contribution in [3.05, 3.63) is 27.7 Å². The Morgan fingerprint density at radius 3 is 3.07 bits per heavy atom. The van der Waals surface area contributed by atoms with E-state index in [0.29, 0.717) is 6.42 Å². The van der Waals surface area contributed by atoms with Gasteiger partial charge in [-0.2, -0.15) is 5.26 Å². The molecule has 0 bridgehead atoms. The molecule has 0 radical (unpaired) electrons. The van der Waals surface area contributed by atoms with Gasteiger partial charge in [-0.25, -0.2) is 4.98 Å². The SMILES string of the molecule is Cc1cc(Cl)cc2sc(CC#N)nc12. The average Bonchev–Trinajstić information content (AvgIpc) is 2.48. The molecule has 0 spiro atoms. The second kappa shape index (κ2) is 3.56. The number of benzene rings is 1. The molecule has 1 aromatic heterocycles. The van der Waals surface area contributed by atoms with Crippen LogP contribution in [0, 0.1) is 18.3 Å². The van der Waals surface area contributed by atoms with E-state index in [-0.39, 0.29) is 0 Å². The molecule has 0 N–H and O–H groups in total. The third kappa shape index (κ3) is 1.59. The topological polar surface area (TPSA) is 36.7 Å². The molecule has 14 heavy (non-hydrogen) atoms. The number of thiazole rings is 1. The van der Waals surface area contributed by atoms with Gasteiger partial charge in [0.15, 0.2) is 0 Å². The molecular formula is C10H7ClN2S. The van der Waals surface area contributed by atoms with Crippen LogP contribution >= 0.6 is 22.9 Å². The molecule has 2 nitrogen and oxygen atoms in total.